The molecule has 0 aromatic carbocycles. The Bertz CT molecular complexity index is 423. The number of hydrogen-bond donors (Lipinski definition) is 1. The van der Waals surface area contributed by atoms with Crippen molar-refractivity contribution in [1.29, 1.82) is 0 Å². The van der Waals surface area contributed by atoms with Crippen molar-refractivity contribution in [1.82, 2.24) is 25.6 Å². The fraction of sp³-hybridized carbons (Fsp3) is 0.500. The smallest absolute Gasteiger partial charge is 0.174 e. The number of aromatic nitrogens is 5. The Labute approximate surface area is 101 Å². The predicted molar refractivity (Wildman–Crippen MR) is 64.2 cm³/mol. The molecule has 5 heteroatoms. The SMILES string of the molecule is CC(C)C(Cc1ccccn1)Cc1nn[nH]n1. The molecule has 5 nitrogen and oxygen atoms in total. The largest absolute Gasteiger partial charge is 0.261 e. The summed E-state index contributed by atoms with van der Waals surface area (Å²) in [6.07, 6.45) is 3.62. The van der Waals surface area contributed by atoms with Crippen LogP contribution in [-0.4, -0.2) is 25.6 Å². The second kappa shape index (κ2) is 5.52. The highest BCUT2D eigenvalue weighted by atomic mass is 15.5. The summed E-state index contributed by atoms with van der Waals surface area (Å²) in [5, 5.41) is 14.1. The normalized spacial score (nSPS) is 12.9. The summed E-state index contributed by atoms with van der Waals surface area (Å²) in [6, 6.07) is 6.02. The van der Waals surface area contributed by atoms with Gasteiger partial charge in [-0.3, -0.25) is 4.98 Å². The maximum atomic E-state index is 4.37. The summed E-state index contributed by atoms with van der Waals surface area (Å²) < 4.78 is 0. The van der Waals surface area contributed by atoms with Crippen LogP contribution in [0.2, 0.25) is 0 Å². The molecule has 1 unspecified atom stereocenters. The zero-order valence-electron chi connectivity index (χ0n) is 10.2. The van der Waals surface area contributed by atoms with Crippen LogP contribution in [0.15, 0.2) is 24.4 Å². The van der Waals surface area contributed by atoms with Crippen LogP contribution in [0.1, 0.15) is 25.4 Å². The lowest BCUT2D eigenvalue weighted by Crippen LogP contribution is -2.16. The van der Waals surface area contributed by atoms with Gasteiger partial charge in [-0.1, -0.05) is 25.1 Å². The predicted octanol–water partition coefficient (Wildman–Crippen LogP) is 1.65. The van der Waals surface area contributed by atoms with E-state index in [0.717, 1.165) is 24.4 Å². The van der Waals surface area contributed by atoms with E-state index >= 15 is 0 Å². The quantitative estimate of drug-likeness (QED) is 0.849. The molecule has 0 spiro atoms. The lowest BCUT2D eigenvalue weighted by molar-refractivity contribution is 0.370. The van der Waals surface area contributed by atoms with E-state index in [1.807, 2.05) is 18.3 Å². The highest BCUT2D eigenvalue weighted by Gasteiger charge is 2.17. The Morgan fingerprint density at radius 2 is 2.12 bits per heavy atom. The first-order valence-corrected chi connectivity index (χ1v) is 5.88. The third-order valence-electron chi connectivity index (χ3n) is 2.97. The van der Waals surface area contributed by atoms with Crippen molar-refractivity contribution in [3.05, 3.63) is 35.9 Å². The van der Waals surface area contributed by atoms with Crippen LogP contribution in [-0.2, 0) is 12.8 Å². The van der Waals surface area contributed by atoms with Gasteiger partial charge < -0.3 is 0 Å². The Kier molecular flexibility index (Phi) is 3.80. The van der Waals surface area contributed by atoms with Crippen molar-refractivity contribution in [3.63, 3.8) is 0 Å². The van der Waals surface area contributed by atoms with Crippen LogP contribution < -0.4 is 0 Å². The third kappa shape index (κ3) is 3.34. The molecule has 1 N–H and O–H groups in total. The number of aromatic amines is 1. The second-order valence-electron chi connectivity index (χ2n) is 4.56. The molecule has 0 aliphatic heterocycles. The Hall–Kier alpha value is -1.78. The highest BCUT2D eigenvalue weighted by Crippen LogP contribution is 2.19. The molecule has 0 bridgehead atoms. The number of H-pyrrole nitrogens is 1. The first kappa shape index (κ1) is 11.7. The third-order valence-corrected chi connectivity index (χ3v) is 2.97. The monoisotopic (exact) mass is 231 g/mol. The first-order chi connectivity index (χ1) is 8.25. The molecule has 2 heterocycles. The molecule has 90 valence electrons. The molecule has 0 radical (unpaired) electrons. The van der Waals surface area contributed by atoms with Crippen molar-refractivity contribution in [2.24, 2.45) is 11.8 Å². The zero-order valence-corrected chi connectivity index (χ0v) is 10.2. The average Bonchev–Trinajstić information content (AvgIpc) is 2.82. The van der Waals surface area contributed by atoms with Crippen LogP contribution in [0.25, 0.3) is 0 Å². The van der Waals surface area contributed by atoms with Gasteiger partial charge in [-0.2, -0.15) is 5.21 Å². The van der Waals surface area contributed by atoms with Gasteiger partial charge >= 0.3 is 0 Å². The van der Waals surface area contributed by atoms with E-state index in [1.54, 1.807) is 0 Å². The molecule has 2 rings (SSSR count). The number of rotatable bonds is 5. The van der Waals surface area contributed by atoms with Gasteiger partial charge in [0.1, 0.15) is 0 Å². The molecule has 0 amide bonds. The van der Waals surface area contributed by atoms with Crippen LogP contribution in [0.4, 0.5) is 0 Å². The van der Waals surface area contributed by atoms with Gasteiger partial charge in [0.2, 0.25) is 0 Å². The van der Waals surface area contributed by atoms with E-state index in [9.17, 15) is 0 Å². The number of nitrogens with zero attached hydrogens (tertiary/aromatic N) is 4. The van der Waals surface area contributed by atoms with Gasteiger partial charge in [-0.25, -0.2) is 0 Å². The van der Waals surface area contributed by atoms with Crippen LogP contribution in [0.3, 0.4) is 0 Å². The number of pyridine rings is 1. The zero-order chi connectivity index (χ0) is 12.1. The molecular formula is C12H17N5. The maximum absolute atomic E-state index is 4.37. The van der Waals surface area contributed by atoms with E-state index in [4.69, 9.17) is 0 Å². The van der Waals surface area contributed by atoms with Crippen molar-refractivity contribution < 1.29 is 0 Å². The van der Waals surface area contributed by atoms with Crippen molar-refractivity contribution >= 4 is 0 Å². The number of hydrogen-bond acceptors (Lipinski definition) is 4. The Balaban J connectivity index is 2.03. The molecule has 2 aromatic heterocycles. The highest BCUT2D eigenvalue weighted by molar-refractivity contribution is 5.05. The average molecular weight is 231 g/mol. The van der Waals surface area contributed by atoms with Gasteiger partial charge in [0.25, 0.3) is 0 Å². The van der Waals surface area contributed by atoms with Crippen molar-refractivity contribution in [3.8, 4) is 0 Å². The van der Waals surface area contributed by atoms with Gasteiger partial charge in [0.05, 0.1) is 0 Å². The molecule has 17 heavy (non-hydrogen) atoms. The lowest BCUT2D eigenvalue weighted by Gasteiger charge is -2.18. The molecule has 2 aromatic rings. The summed E-state index contributed by atoms with van der Waals surface area (Å²) in [6.45, 7) is 4.43. The van der Waals surface area contributed by atoms with Crippen molar-refractivity contribution in [2.45, 2.75) is 26.7 Å². The summed E-state index contributed by atoms with van der Waals surface area (Å²) in [4.78, 5) is 4.37. The van der Waals surface area contributed by atoms with E-state index in [2.05, 4.69) is 45.5 Å². The summed E-state index contributed by atoms with van der Waals surface area (Å²) in [5.74, 6) is 1.83. The number of nitrogens with one attached hydrogen (secondary N) is 1. The van der Waals surface area contributed by atoms with Crippen LogP contribution >= 0.6 is 0 Å². The summed E-state index contributed by atoms with van der Waals surface area (Å²) in [7, 11) is 0. The number of tetrazole rings is 1. The van der Waals surface area contributed by atoms with E-state index in [1.165, 1.54) is 0 Å². The molecule has 0 fully saturated rings. The second-order valence-corrected chi connectivity index (χ2v) is 4.56. The maximum Gasteiger partial charge on any atom is 0.174 e. The minimum absolute atomic E-state index is 0.488. The minimum atomic E-state index is 0.488. The van der Waals surface area contributed by atoms with Crippen LogP contribution in [0, 0.1) is 11.8 Å². The standard InChI is InChI=1S/C12H17N5/c1-9(2)10(8-12-14-16-17-15-12)7-11-5-3-4-6-13-11/h3-6,9-10H,7-8H2,1-2H3,(H,14,15,16,17). The molecule has 0 aliphatic rings. The van der Waals surface area contributed by atoms with Gasteiger partial charge in [-0.05, 0) is 30.4 Å². The fourth-order valence-electron chi connectivity index (χ4n) is 1.83. The Morgan fingerprint density at radius 3 is 2.71 bits per heavy atom. The van der Waals surface area contributed by atoms with E-state index in [0.29, 0.717) is 11.8 Å². The van der Waals surface area contributed by atoms with Gasteiger partial charge in [-0.15, -0.1) is 10.2 Å². The summed E-state index contributed by atoms with van der Waals surface area (Å²) >= 11 is 0. The molecule has 0 saturated heterocycles. The molecule has 1 atom stereocenters. The van der Waals surface area contributed by atoms with E-state index < -0.39 is 0 Å². The van der Waals surface area contributed by atoms with Gasteiger partial charge in [0, 0.05) is 18.3 Å². The van der Waals surface area contributed by atoms with Gasteiger partial charge in [0.15, 0.2) is 5.82 Å². The van der Waals surface area contributed by atoms with Crippen molar-refractivity contribution in [2.75, 3.05) is 0 Å². The van der Waals surface area contributed by atoms with E-state index in [-0.39, 0.29) is 0 Å². The Morgan fingerprint density at radius 1 is 1.24 bits per heavy atom. The first-order valence-electron chi connectivity index (χ1n) is 5.88. The summed E-state index contributed by atoms with van der Waals surface area (Å²) in [5.41, 5.74) is 1.12. The minimum Gasteiger partial charge on any atom is -0.261 e. The van der Waals surface area contributed by atoms with Crippen LogP contribution in [0.5, 0.6) is 0 Å². The molecule has 0 aliphatic carbocycles. The lowest BCUT2D eigenvalue weighted by atomic mass is 9.88. The topological polar surface area (TPSA) is 67.3 Å². The molecular weight excluding hydrogens is 214 g/mol. The fourth-order valence-corrected chi connectivity index (χ4v) is 1.83. The molecule has 0 saturated carbocycles.